The fourth-order valence-corrected chi connectivity index (χ4v) is 2.61. The number of hydrogen-bond acceptors (Lipinski definition) is 4. The summed E-state index contributed by atoms with van der Waals surface area (Å²) in [5.74, 6) is -1.16. The highest BCUT2D eigenvalue weighted by atomic mass is 19.4. The first-order valence-corrected chi connectivity index (χ1v) is 8.25. The van der Waals surface area contributed by atoms with E-state index < -0.39 is 23.4 Å². The van der Waals surface area contributed by atoms with Crippen LogP contribution in [0.4, 0.5) is 18.9 Å². The Morgan fingerprint density at radius 3 is 1.96 bits per heavy atom. The zero-order chi connectivity index (χ0) is 20.1. The maximum atomic E-state index is 13.4. The molecule has 7 heteroatoms. The highest BCUT2D eigenvalue weighted by molar-refractivity contribution is 6.13. The monoisotopic (exact) mass is 384 g/mol. The van der Waals surface area contributed by atoms with E-state index in [-0.39, 0.29) is 5.69 Å². The van der Waals surface area contributed by atoms with Crippen molar-refractivity contribution in [1.29, 1.82) is 0 Å². The molecular formula is C21H15F3N2O2. The summed E-state index contributed by atoms with van der Waals surface area (Å²) in [6.45, 7) is 0. The van der Waals surface area contributed by atoms with E-state index in [1.54, 1.807) is 0 Å². The number of methoxy groups -OCH3 is 1. The molecule has 0 amide bonds. The van der Waals surface area contributed by atoms with Crippen molar-refractivity contribution >= 4 is 17.4 Å². The van der Waals surface area contributed by atoms with Gasteiger partial charge in [0.2, 0.25) is 0 Å². The number of aromatic nitrogens is 1. The molecule has 0 atom stereocenters. The molecule has 1 heterocycles. The molecule has 0 aliphatic heterocycles. The zero-order valence-corrected chi connectivity index (χ0v) is 14.8. The van der Waals surface area contributed by atoms with E-state index >= 15 is 0 Å². The predicted octanol–water partition coefficient (Wildman–Crippen LogP) is 5.06. The van der Waals surface area contributed by atoms with Crippen LogP contribution in [-0.4, -0.2) is 23.8 Å². The Bertz CT molecular complexity index is 960. The number of carbonyl (C=O) groups excluding carboxylic acids is 1. The fraction of sp³-hybridized carbons (Fsp3) is 0.0952. The van der Waals surface area contributed by atoms with Gasteiger partial charge in [-0.15, -0.1) is 0 Å². The van der Waals surface area contributed by atoms with Gasteiger partial charge in [0, 0.05) is 11.1 Å². The van der Waals surface area contributed by atoms with Crippen LogP contribution in [0, 0.1) is 0 Å². The van der Waals surface area contributed by atoms with Crippen LogP contribution in [0.3, 0.4) is 0 Å². The Morgan fingerprint density at radius 1 is 0.964 bits per heavy atom. The van der Waals surface area contributed by atoms with Gasteiger partial charge in [0.25, 0.3) is 0 Å². The molecule has 142 valence electrons. The molecule has 0 saturated carbocycles. The molecule has 2 aromatic carbocycles. The normalized spacial score (nSPS) is 11.0. The molecule has 0 unspecified atom stereocenters. The van der Waals surface area contributed by atoms with E-state index in [0.29, 0.717) is 5.71 Å². The van der Waals surface area contributed by atoms with Crippen molar-refractivity contribution in [2.24, 2.45) is 4.99 Å². The van der Waals surface area contributed by atoms with Crippen LogP contribution in [-0.2, 0) is 10.9 Å². The van der Waals surface area contributed by atoms with Gasteiger partial charge < -0.3 is 4.74 Å². The Hall–Kier alpha value is -3.48. The van der Waals surface area contributed by atoms with Crippen LogP contribution in [0.25, 0.3) is 0 Å². The van der Waals surface area contributed by atoms with Crippen molar-refractivity contribution < 1.29 is 22.7 Å². The maximum Gasteiger partial charge on any atom is 0.418 e. The molecule has 28 heavy (non-hydrogen) atoms. The molecule has 0 bridgehead atoms. The topological polar surface area (TPSA) is 51.5 Å². The van der Waals surface area contributed by atoms with Crippen molar-refractivity contribution in [3.63, 3.8) is 0 Å². The minimum Gasteiger partial charge on any atom is -0.464 e. The van der Waals surface area contributed by atoms with Gasteiger partial charge in [0.15, 0.2) is 5.69 Å². The minimum atomic E-state index is -4.78. The van der Waals surface area contributed by atoms with E-state index in [1.165, 1.54) is 0 Å². The average Bonchev–Trinajstić information content (AvgIpc) is 2.72. The summed E-state index contributed by atoms with van der Waals surface area (Å²) in [5, 5.41) is 0. The lowest BCUT2D eigenvalue weighted by Crippen LogP contribution is -2.16. The third-order valence-corrected chi connectivity index (χ3v) is 3.89. The quantitative estimate of drug-likeness (QED) is 0.467. The molecular weight excluding hydrogens is 369 g/mol. The third kappa shape index (κ3) is 4.25. The molecule has 0 fully saturated rings. The third-order valence-electron chi connectivity index (χ3n) is 3.89. The van der Waals surface area contributed by atoms with Gasteiger partial charge in [0.1, 0.15) is 0 Å². The number of alkyl halides is 3. The van der Waals surface area contributed by atoms with E-state index in [2.05, 4.69) is 14.7 Å². The second-order valence-electron chi connectivity index (χ2n) is 5.77. The number of pyridine rings is 1. The zero-order valence-electron chi connectivity index (χ0n) is 14.8. The predicted molar refractivity (Wildman–Crippen MR) is 98.8 cm³/mol. The van der Waals surface area contributed by atoms with Crippen molar-refractivity contribution in [3.05, 3.63) is 95.3 Å². The number of benzene rings is 2. The van der Waals surface area contributed by atoms with Crippen LogP contribution in [0.2, 0.25) is 0 Å². The lowest BCUT2D eigenvalue weighted by molar-refractivity contribution is -0.138. The highest BCUT2D eigenvalue weighted by Crippen LogP contribution is 2.34. The van der Waals surface area contributed by atoms with Crippen LogP contribution < -0.4 is 0 Å². The van der Waals surface area contributed by atoms with E-state index in [1.807, 2.05) is 60.7 Å². The van der Waals surface area contributed by atoms with Crippen LogP contribution >= 0.6 is 0 Å². The molecule has 0 saturated heterocycles. The number of halogens is 3. The Labute approximate surface area is 159 Å². The Balaban J connectivity index is 2.17. The minimum absolute atomic E-state index is 0.0253. The highest BCUT2D eigenvalue weighted by Gasteiger charge is 2.37. The second-order valence-corrected chi connectivity index (χ2v) is 5.77. The number of hydrogen-bond donors (Lipinski definition) is 0. The molecule has 0 N–H and O–H groups in total. The second kappa shape index (κ2) is 8.04. The number of esters is 1. The summed E-state index contributed by atoms with van der Waals surface area (Å²) in [4.78, 5) is 19.7. The van der Waals surface area contributed by atoms with E-state index in [9.17, 15) is 18.0 Å². The SMILES string of the molecule is COC(=O)c1ncc(N=C(c2ccccc2)c2ccccc2)cc1C(F)(F)F. The largest absolute Gasteiger partial charge is 0.464 e. The maximum absolute atomic E-state index is 13.4. The summed E-state index contributed by atoms with van der Waals surface area (Å²) >= 11 is 0. The van der Waals surface area contributed by atoms with Gasteiger partial charge in [-0.05, 0) is 6.07 Å². The van der Waals surface area contributed by atoms with Crippen LogP contribution in [0.5, 0.6) is 0 Å². The fourth-order valence-electron chi connectivity index (χ4n) is 2.61. The number of rotatable bonds is 4. The number of aliphatic imine (C=N–C) groups is 1. The number of nitrogens with zero attached hydrogens (tertiary/aromatic N) is 2. The molecule has 0 aliphatic carbocycles. The number of ether oxygens (including phenoxy) is 1. The molecule has 3 rings (SSSR count). The van der Waals surface area contributed by atoms with Gasteiger partial charge in [-0.25, -0.2) is 14.8 Å². The van der Waals surface area contributed by atoms with Crippen molar-refractivity contribution in [3.8, 4) is 0 Å². The van der Waals surface area contributed by atoms with Gasteiger partial charge in [-0.2, -0.15) is 13.2 Å². The summed E-state index contributed by atoms with van der Waals surface area (Å²) in [7, 11) is 0.999. The van der Waals surface area contributed by atoms with Crippen LogP contribution in [0.15, 0.2) is 77.9 Å². The van der Waals surface area contributed by atoms with Crippen LogP contribution in [0.1, 0.15) is 27.2 Å². The molecule has 1 aromatic heterocycles. The van der Waals surface area contributed by atoms with Gasteiger partial charge in [-0.1, -0.05) is 60.7 Å². The summed E-state index contributed by atoms with van der Waals surface area (Å²) in [6, 6.07) is 19.0. The Kier molecular flexibility index (Phi) is 5.54. The first-order chi connectivity index (χ1) is 13.4. The molecule has 0 spiro atoms. The Morgan fingerprint density at radius 2 is 1.50 bits per heavy atom. The molecule has 0 radical (unpaired) electrons. The summed E-state index contributed by atoms with van der Waals surface area (Å²) < 4.78 is 44.6. The standard InChI is InChI=1S/C21H15F3N2O2/c1-28-20(27)19-17(21(22,23)24)12-16(13-25-19)26-18(14-8-4-2-5-9-14)15-10-6-3-7-11-15/h2-13H,1H3. The smallest absolute Gasteiger partial charge is 0.418 e. The van der Waals surface area contributed by atoms with Crippen molar-refractivity contribution in [1.82, 2.24) is 4.98 Å². The van der Waals surface area contributed by atoms with E-state index in [4.69, 9.17) is 0 Å². The van der Waals surface area contributed by atoms with Crippen molar-refractivity contribution in [2.45, 2.75) is 6.18 Å². The first kappa shape index (κ1) is 19.3. The van der Waals surface area contributed by atoms with Crippen molar-refractivity contribution in [2.75, 3.05) is 7.11 Å². The molecule has 4 nitrogen and oxygen atoms in total. The molecule has 3 aromatic rings. The first-order valence-electron chi connectivity index (χ1n) is 8.25. The lowest BCUT2D eigenvalue weighted by Gasteiger charge is -2.12. The number of carbonyl (C=O) groups is 1. The summed E-state index contributed by atoms with van der Waals surface area (Å²) in [5.41, 5.74) is -0.0563. The summed E-state index contributed by atoms with van der Waals surface area (Å²) in [6.07, 6.45) is -3.66. The van der Waals surface area contributed by atoms with Gasteiger partial charge in [0.05, 0.1) is 30.3 Å². The average molecular weight is 384 g/mol. The molecule has 0 aliphatic rings. The van der Waals surface area contributed by atoms with Gasteiger partial charge in [-0.3, -0.25) is 0 Å². The lowest BCUT2D eigenvalue weighted by atomic mass is 10.0. The van der Waals surface area contributed by atoms with Gasteiger partial charge >= 0.3 is 12.1 Å². The van der Waals surface area contributed by atoms with E-state index in [0.717, 1.165) is 30.5 Å².